The number of rotatable bonds is 4. The maximum absolute atomic E-state index is 11.5. The van der Waals surface area contributed by atoms with Crippen LogP contribution in [0.5, 0.6) is 0 Å². The van der Waals surface area contributed by atoms with E-state index >= 15 is 0 Å². The number of carbonyl (C=O) groups is 1. The summed E-state index contributed by atoms with van der Waals surface area (Å²) in [6, 6.07) is 7.54. The van der Waals surface area contributed by atoms with Gasteiger partial charge in [-0.05, 0) is 29.9 Å². The number of hydrogen-bond acceptors (Lipinski definition) is 2. The number of nitrogens with one attached hydrogen (secondary N) is 1. The largest absolute Gasteiger partial charge is 0.328 e. The molecule has 3 nitrogen and oxygen atoms in total. The minimum atomic E-state index is -0.0604. The Morgan fingerprint density at radius 2 is 1.94 bits per heavy atom. The molecule has 82 valence electrons. The van der Waals surface area contributed by atoms with Gasteiger partial charge < -0.3 is 9.78 Å². The maximum Gasteiger partial charge on any atom is 0.255 e. The van der Waals surface area contributed by atoms with Gasteiger partial charge in [-0.1, -0.05) is 18.2 Å². The van der Waals surface area contributed by atoms with Crippen molar-refractivity contribution >= 4 is 17.1 Å². The number of aryl methyl sites for hydroxylation is 1. The van der Waals surface area contributed by atoms with Gasteiger partial charge in [0, 0.05) is 18.0 Å². The van der Waals surface area contributed by atoms with Crippen LogP contribution in [0.25, 0.3) is 10.8 Å². The SMILES string of the molecule is O=CCCCc1c[nH]c(=O)c2ccccc12. The number of hydrogen-bond donors (Lipinski definition) is 1. The van der Waals surface area contributed by atoms with Gasteiger partial charge in [0.15, 0.2) is 0 Å². The fourth-order valence-corrected chi connectivity index (χ4v) is 1.85. The van der Waals surface area contributed by atoms with Crippen LogP contribution in [0.4, 0.5) is 0 Å². The van der Waals surface area contributed by atoms with Crippen LogP contribution in [0.3, 0.4) is 0 Å². The Balaban J connectivity index is 2.42. The molecule has 2 rings (SSSR count). The molecule has 0 fully saturated rings. The van der Waals surface area contributed by atoms with E-state index in [9.17, 15) is 9.59 Å². The average Bonchev–Trinajstić information content (AvgIpc) is 2.33. The summed E-state index contributed by atoms with van der Waals surface area (Å²) in [4.78, 5) is 24.5. The Hall–Kier alpha value is -1.90. The summed E-state index contributed by atoms with van der Waals surface area (Å²) in [6.45, 7) is 0. The third-order valence-electron chi connectivity index (χ3n) is 2.66. The standard InChI is InChI=1S/C13H13NO2/c15-8-4-3-5-10-9-14-13(16)12-7-2-1-6-11(10)12/h1-2,6-9H,3-5H2,(H,14,16). The number of H-pyrrole nitrogens is 1. The summed E-state index contributed by atoms with van der Waals surface area (Å²) in [7, 11) is 0. The first-order valence-electron chi connectivity index (χ1n) is 5.36. The van der Waals surface area contributed by atoms with Gasteiger partial charge in [-0.2, -0.15) is 0 Å². The zero-order valence-corrected chi connectivity index (χ0v) is 8.90. The fraction of sp³-hybridized carbons (Fsp3) is 0.231. The van der Waals surface area contributed by atoms with Gasteiger partial charge in [-0.3, -0.25) is 4.79 Å². The number of aromatic amines is 1. The fourth-order valence-electron chi connectivity index (χ4n) is 1.85. The molecule has 1 aromatic carbocycles. The Morgan fingerprint density at radius 3 is 2.69 bits per heavy atom. The third kappa shape index (κ3) is 2.03. The monoisotopic (exact) mass is 215 g/mol. The Kier molecular flexibility index (Phi) is 3.15. The van der Waals surface area contributed by atoms with Crippen molar-refractivity contribution in [1.29, 1.82) is 0 Å². The number of carbonyl (C=O) groups excluding carboxylic acids is 1. The number of unbranched alkanes of at least 4 members (excludes halogenated alkanes) is 1. The molecule has 2 aromatic rings. The van der Waals surface area contributed by atoms with Gasteiger partial charge >= 0.3 is 0 Å². The third-order valence-corrected chi connectivity index (χ3v) is 2.66. The summed E-state index contributed by atoms with van der Waals surface area (Å²) in [5, 5.41) is 1.70. The van der Waals surface area contributed by atoms with E-state index in [-0.39, 0.29) is 5.56 Å². The molecule has 0 aliphatic rings. The summed E-state index contributed by atoms with van der Waals surface area (Å²) >= 11 is 0. The topological polar surface area (TPSA) is 49.9 Å². The van der Waals surface area contributed by atoms with E-state index in [1.807, 2.05) is 24.3 Å². The van der Waals surface area contributed by atoms with Crippen LogP contribution in [0.2, 0.25) is 0 Å². The van der Waals surface area contributed by atoms with Gasteiger partial charge in [0.05, 0.1) is 0 Å². The molecule has 0 saturated heterocycles. The molecule has 0 unspecified atom stereocenters. The van der Waals surface area contributed by atoms with Gasteiger partial charge in [0.25, 0.3) is 5.56 Å². The van der Waals surface area contributed by atoms with Gasteiger partial charge in [-0.25, -0.2) is 0 Å². The lowest BCUT2D eigenvalue weighted by Gasteiger charge is -2.04. The second-order valence-electron chi connectivity index (χ2n) is 3.75. The van der Waals surface area contributed by atoms with Crippen LogP contribution in [-0.2, 0) is 11.2 Å². The molecule has 0 aliphatic carbocycles. The van der Waals surface area contributed by atoms with Crippen LogP contribution in [0, 0.1) is 0 Å². The normalized spacial score (nSPS) is 10.5. The molecule has 0 radical (unpaired) electrons. The van der Waals surface area contributed by atoms with E-state index in [2.05, 4.69) is 4.98 Å². The van der Waals surface area contributed by atoms with E-state index in [1.165, 1.54) is 0 Å². The predicted octanol–water partition coefficient (Wildman–Crippen LogP) is 2.05. The highest BCUT2D eigenvalue weighted by molar-refractivity contribution is 5.84. The molecule has 0 bridgehead atoms. The van der Waals surface area contributed by atoms with Crippen LogP contribution in [0.15, 0.2) is 35.3 Å². The van der Waals surface area contributed by atoms with Crippen molar-refractivity contribution in [1.82, 2.24) is 4.98 Å². The first kappa shape index (κ1) is 10.6. The molecular weight excluding hydrogens is 202 g/mol. The van der Waals surface area contributed by atoms with Crippen molar-refractivity contribution in [2.75, 3.05) is 0 Å². The number of aromatic nitrogens is 1. The van der Waals surface area contributed by atoms with Crippen LogP contribution in [0.1, 0.15) is 18.4 Å². The number of pyridine rings is 1. The van der Waals surface area contributed by atoms with E-state index in [0.717, 1.165) is 30.1 Å². The van der Waals surface area contributed by atoms with Crippen molar-refractivity contribution in [3.63, 3.8) is 0 Å². The minimum absolute atomic E-state index is 0.0604. The van der Waals surface area contributed by atoms with Gasteiger partial charge in [0.2, 0.25) is 0 Å². The minimum Gasteiger partial charge on any atom is -0.328 e. The highest BCUT2D eigenvalue weighted by atomic mass is 16.1. The Morgan fingerprint density at radius 1 is 1.19 bits per heavy atom. The van der Waals surface area contributed by atoms with E-state index in [0.29, 0.717) is 11.8 Å². The number of aldehydes is 1. The molecule has 0 saturated carbocycles. The van der Waals surface area contributed by atoms with Crippen LogP contribution < -0.4 is 5.56 Å². The Bertz CT molecular complexity index is 557. The second kappa shape index (κ2) is 4.75. The number of benzene rings is 1. The maximum atomic E-state index is 11.5. The van der Waals surface area contributed by atoms with Crippen molar-refractivity contribution in [2.45, 2.75) is 19.3 Å². The predicted molar refractivity (Wildman–Crippen MR) is 63.6 cm³/mol. The molecule has 0 amide bonds. The molecule has 0 spiro atoms. The molecular formula is C13H13NO2. The Labute approximate surface area is 93.1 Å². The van der Waals surface area contributed by atoms with E-state index in [4.69, 9.17) is 0 Å². The zero-order chi connectivity index (χ0) is 11.4. The molecule has 1 N–H and O–H groups in total. The lowest BCUT2D eigenvalue weighted by molar-refractivity contribution is -0.107. The first-order chi connectivity index (χ1) is 7.83. The smallest absolute Gasteiger partial charge is 0.255 e. The summed E-state index contributed by atoms with van der Waals surface area (Å²) in [6.07, 6.45) is 4.87. The van der Waals surface area contributed by atoms with Gasteiger partial charge in [0.1, 0.15) is 6.29 Å². The highest BCUT2D eigenvalue weighted by Crippen LogP contribution is 2.15. The zero-order valence-electron chi connectivity index (χ0n) is 8.90. The molecule has 0 aliphatic heterocycles. The van der Waals surface area contributed by atoms with Crippen molar-refractivity contribution < 1.29 is 4.79 Å². The molecule has 16 heavy (non-hydrogen) atoms. The van der Waals surface area contributed by atoms with Crippen LogP contribution >= 0.6 is 0 Å². The summed E-state index contributed by atoms with van der Waals surface area (Å²) < 4.78 is 0. The van der Waals surface area contributed by atoms with E-state index in [1.54, 1.807) is 6.20 Å². The quantitative estimate of drug-likeness (QED) is 0.626. The van der Waals surface area contributed by atoms with Crippen LogP contribution in [-0.4, -0.2) is 11.3 Å². The summed E-state index contributed by atoms with van der Waals surface area (Å²) in [5.41, 5.74) is 1.03. The average molecular weight is 215 g/mol. The number of fused-ring (bicyclic) bond motifs is 1. The summed E-state index contributed by atoms with van der Waals surface area (Å²) in [5.74, 6) is 0. The van der Waals surface area contributed by atoms with E-state index < -0.39 is 0 Å². The van der Waals surface area contributed by atoms with Crippen molar-refractivity contribution in [3.05, 3.63) is 46.4 Å². The molecule has 1 aromatic heterocycles. The van der Waals surface area contributed by atoms with Crippen molar-refractivity contribution in [3.8, 4) is 0 Å². The first-order valence-corrected chi connectivity index (χ1v) is 5.36. The second-order valence-corrected chi connectivity index (χ2v) is 3.75. The lowest BCUT2D eigenvalue weighted by Crippen LogP contribution is -2.07. The lowest BCUT2D eigenvalue weighted by atomic mass is 10.0. The van der Waals surface area contributed by atoms with Gasteiger partial charge in [-0.15, -0.1) is 0 Å². The molecule has 3 heteroatoms. The molecule has 0 atom stereocenters. The van der Waals surface area contributed by atoms with Crippen molar-refractivity contribution in [2.24, 2.45) is 0 Å². The molecule has 1 heterocycles. The highest BCUT2D eigenvalue weighted by Gasteiger charge is 2.03.